The molecule has 1 aliphatic rings. The molecule has 0 aromatic heterocycles. The van der Waals surface area contributed by atoms with Crippen LogP contribution in [0.4, 0.5) is 0 Å². The molecule has 1 aliphatic heterocycles. The van der Waals surface area contributed by atoms with E-state index < -0.39 is 0 Å². The van der Waals surface area contributed by atoms with Crippen LogP contribution in [0, 0.1) is 5.92 Å². The van der Waals surface area contributed by atoms with Gasteiger partial charge >= 0.3 is 5.97 Å². The monoisotopic (exact) mass is 242 g/mol. The molecule has 0 bridgehead atoms. The van der Waals surface area contributed by atoms with E-state index in [0.29, 0.717) is 6.42 Å². The average molecular weight is 242 g/mol. The molecule has 1 atom stereocenters. The normalized spacial score (nSPS) is 19.3. The second-order valence-electron chi connectivity index (χ2n) is 4.91. The number of carbonyl (C=O) groups excluding carboxylic acids is 1. The lowest BCUT2D eigenvalue weighted by atomic mass is 9.96. The molecule has 0 aliphatic carbocycles. The molecule has 4 nitrogen and oxygen atoms in total. The highest BCUT2D eigenvalue weighted by molar-refractivity contribution is 5.69. The highest BCUT2D eigenvalue weighted by Gasteiger charge is 2.21. The first kappa shape index (κ1) is 14.5. The number of hydrogen-bond acceptors (Lipinski definition) is 4. The van der Waals surface area contributed by atoms with Gasteiger partial charge in [-0.1, -0.05) is 6.92 Å². The van der Waals surface area contributed by atoms with Crippen LogP contribution >= 0.6 is 0 Å². The van der Waals surface area contributed by atoms with Crippen molar-refractivity contribution in [2.45, 2.75) is 39.2 Å². The molecule has 0 radical (unpaired) electrons. The summed E-state index contributed by atoms with van der Waals surface area (Å²) in [5, 5.41) is 3.38. The quantitative estimate of drug-likeness (QED) is 0.712. The molecule has 0 spiro atoms. The molecule has 4 heteroatoms. The number of carbonyl (C=O) groups is 1. The number of hydrogen-bond donors (Lipinski definition) is 1. The molecular weight excluding hydrogens is 216 g/mol. The lowest BCUT2D eigenvalue weighted by Gasteiger charge is -2.33. The van der Waals surface area contributed by atoms with Gasteiger partial charge in [-0.3, -0.25) is 4.79 Å². The maximum atomic E-state index is 11.3. The third-order valence-electron chi connectivity index (χ3n) is 3.67. The van der Waals surface area contributed by atoms with Gasteiger partial charge in [0.25, 0.3) is 0 Å². The standard InChI is InChI=1S/C13H26N2O2/c1-4-15(11(2)9-13(16)17-3)10-12-5-7-14-8-6-12/h11-12,14H,4-10H2,1-3H3. The van der Waals surface area contributed by atoms with Gasteiger partial charge < -0.3 is 15.0 Å². The van der Waals surface area contributed by atoms with Crippen molar-refractivity contribution in [2.75, 3.05) is 33.3 Å². The van der Waals surface area contributed by atoms with Crippen LogP contribution in [0.2, 0.25) is 0 Å². The van der Waals surface area contributed by atoms with E-state index in [-0.39, 0.29) is 12.0 Å². The molecule has 1 N–H and O–H groups in total. The highest BCUT2D eigenvalue weighted by Crippen LogP contribution is 2.16. The number of nitrogens with zero attached hydrogens (tertiary/aromatic N) is 1. The first-order valence-electron chi connectivity index (χ1n) is 6.69. The highest BCUT2D eigenvalue weighted by atomic mass is 16.5. The van der Waals surface area contributed by atoms with Crippen LogP contribution in [0.5, 0.6) is 0 Å². The fourth-order valence-corrected chi connectivity index (χ4v) is 2.47. The maximum absolute atomic E-state index is 11.3. The maximum Gasteiger partial charge on any atom is 0.307 e. The van der Waals surface area contributed by atoms with E-state index in [1.54, 1.807) is 0 Å². The number of ether oxygens (including phenoxy) is 1. The van der Waals surface area contributed by atoms with Crippen LogP contribution in [0.3, 0.4) is 0 Å². The van der Waals surface area contributed by atoms with Crippen molar-refractivity contribution in [3.05, 3.63) is 0 Å². The Morgan fingerprint density at radius 2 is 2.12 bits per heavy atom. The van der Waals surface area contributed by atoms with Gasteiger partial charge in [-0.2, -0.15) is 0 Å². The largest absolute Gasteiger partial charge is 0.469 e. The van der Waals surface area contributed by atoms with E-state index in [9.17, 15) is 4.79 Å². The number of rotatable bonds is 6. The topological polar surface area (TPSA) is 41.6 Å². The predicted octanol–water partition coefficient (Wildman–Crippen LogP) is 1.26. The summed E-state index contributed by atoms with van der Waals surface area (Å²) in [6, 6.07) is 0.280. The van der Waals surface area contributed by atoms with Gasteiger partial charge in [-0.15, -0.1) is 0 Å². The van der Waals surface area contributed by atoms with E-state index in [0.717, 1.165) is 32.1 Å². The van der Waals surface area contributed by atoms with Gasteiger partial charge in [-0.25, -0.2) is 0 Å². The van der Waals surface area contributed by atoms with E-state index in [1.807, 2.05) is 0 Å². The first-order chi connectivity index (χ1) is 8.17. The number of methoxy groups -OCH3 is 1. The van der Waals surface area contributed by atoms with Crippen LogP contribution < -0.4 is 5.32 Å². The van der Waals surface area contributed by atoms with Gasteiger partial charge in [0, 0.05) is 12.6 Å². The van der Waals surface area contributed by atoms with Crippen molar-refractivity contribution in [2.24, 2.45) is 5.92 Å². The first-order valence-corrected chi connectivity index (χ1v) is 6.69. The van der Waals surface area contributed by atoms with Crippen molar-refractivity contribution in [3.63, 3.8) is 0 Å². The van der Waals surface area contributed by atoms with Crippen molar-refractivity contribution in [1.29, 1.82) is 0 Å². The van der Waals surface area contributed by atoms with Crippen molar-refractivity contribution >= 4 is 5.97 Å². The van der Waals surface area contributed by atoms with Crippen LogP contribution in [0.1, 0.15) is 33.1 Å². The molecule has 0 amide bonds. The molecule has 0 saturated carbocycles. The molecule has 1 heterocycles. The summed E-state index contributed by atoms with van der Waals surface area (Å²) in [7, 11) is 1.46. The zero-order valence-electron chi connectivity index (χ0n) is 11.4. The lowest BCUT2D eigenvalue weighted by Crippen LogP contribution is -2.41. The Morgan fingerprint density at radius 3 is 2.65 bits per heavy atom. The summed E-state index contributed by atoms with van der Waals surface area (Å²) in [6.07, 6.45) is 3.00. The average Bonchev–Trinajstić information content (AvgIpc) is 2.36. The summed E-state index contributed by atoms with van der Waals surface area (Å²) in [6.45, 7) is 8.65. The SMILES string of the molecule is CCN(CC1CCNCC1)C(C)CC(=O)OC. The van der Waals surface area contributed by atoms with Gasteiger partial charge in [0.15, 0.2) is 0 Å². The van der Waals surface area contributed by atoms with E-state index in [1.165, 1.54) is 20.0 Å². The van der Waals surface area contributed by atoms with Gasteiger partial charge in [0.05, 0.1) is 13.5 Å². The summed E-state index contributed by atoms with van der Waals surface area (Å²) in [5.74, 6) is 0.664. The van der Waals surface area contributed by atoms with Crippen molar-refractivity contribution < 1.29 is 9.53 Å². The zero-order chi connectivity index (χ0) is 12.7. The number of esters is 1. The molecule has 17 heavy (non-hydrogen) atoms. The fourth-order valence-electron chi connectivity index (χ4n) is 2.47. The van der Waals surface area contributed by atoms with Gasteiger partial charge in [-0.05, 0) is 45.3 Å². The Bertz CT molecular complexity index is 227. The molecule has 1 unspecified atom stereocenters. The van der Waals surface area contributed by atoms with Crippen LogP contribution in [0.15, 0.2) is 0 Å². The summed E-state index contributed by atoms with van der Waals surface area (Å²) in [5.41, 5.74) is 0. The Balaban J connectivity index is 2.37. The van der Waals surface area contributed by atoms with Crippen molar-refractivity contribution in [3.8, 4) is 0 Å². The Kier molecular flexibility index (Phi) is 6.52. The molecule has 0 aromatic rings. The molecule has 1 fully saturated rings. The molecule has 0 aromatic carbocycles. The minimum absolute atomic E-state index is 0.110. The number of nitrogens with one attached hydrogen (secondary N) is 1. The Labute approximate surface area is 105 Å². The minimum Gasteiger partial charge on any atom is -0.469 e. The third kappa shape index (κ3) is 5.04. The number of piperidine rings is 1. The summed E-state index contributed by atoms with van der Waals surface area (Å²) < 4.78 is 4.73. The van der Waals surface area contributed by atoms with Crippen LogP contribution in [-0.2, 0) is 9.53 Å². The lowest BCUT2D eigenvalue weighted by molar-refractivity contribution is -0.141. The Hall–Kier alpha value is -0.610. The molecule has 100 valence electrons. The smallest absolute Gasteiger partial charge is 0.307 e. The predicted molar refractivity (Wildman–Crippen MR) is 68.9 cm³/mol. The Morgan fingerprint density at radius 1 is 1.47 bits per heavy atom. The second kappa shape index (κ2) is 7.67. The minimum atomic E-state index is -0.110. The fraction of sp³-hybridized carbons (Fsp3) is 0.923. The molecule has 1 rings (SSSR count). The van der Waals surface area contributed by atoms with Crippen LogP contribution in [-0.4, -0.2) is 50.2 Å². The zero-order valence-corrected chi connectivity index (χ0v) is 11.4. The molecular formula is C13H26N2O2. The van der Waals surface area contributed by atoms with Crippen molar-refractivity contribution in [1.82, 2.24) is 10.2 Å². The van der Waals surface area contributed by atoms with E-state index >= 15 is 0 Å². The summed E-state index contributed by atoms with van der Waals surface area (Å²) in [4.78, 5) is 13.7. The van der Waals surface area contributed by atoms with Gasteiger partial charge in [0.2, 0.25) is 0 Å². The van der Waals surface area contributed by atoms with E-state index in [2.05, 4.69) is 24.1 Å². The third-order valence-corrected chi connectivity index (χ3v) is 3.67. The molecule has 1 saturated heterocycles. The second-order valence-corrected chi connectivity index (χ2v) is 4.91. The van der Waals surface area contributed by atoms with Gasteiger partial charge in [0.1, 0.15) is 0 Å². The summed E-state index contributed by atoms with van der Waals surface area (Å²) >= 11 is 0. The van der Waals surface area contributed by atoms with E-state index in [4.69, 9.17) is 4.74 Å². The van der Waals surface area contributed by atoms with Crippen LogP contribution in [0.25, 0.3) is 0 Å².